The third-order valence-electron chi connectivity index (χ3n) is 5.04. The SMILES string of the molecule is CCNC(=O)Nc1cc2cccc(Nc3cccc(C(=O)NCc4ccccc4)c3)c2cn1. The molecule has 0 bridgehead atoms. The molecule has 4 aromatic rings. The van der Waals surface area contributed by atoms with Gasteiger partial charge in [0.1, 0.15) is 5.82 Å². The minimum absolute atomic E-state index is 0.136. The summed E-state index contributed by atoms with van der Waals surface area (Å²) in [5, 5.41) is 13.6. The standard InChI is InChI=1S/C26H25N5O2/c1-2-27-26(33)31-24-15-19-10-7-13-23(22(19)17-28-24)30-21-12-6-11-20(14-21)25(32)29-16-18-8-4-3-5-9-18/h3-15,17,30H,2,16H2,1H3,(H,29,32)(H2,27,28,31,33). The second-order valence-electron chi connectivity index (χ2n) is 7.45. The molecule has 3 amide bonds. The number of amides is 3. The number of hydrogen-bond donors (Lipinski definition) is 4. The molecular formula is C26H25N5O2. The largest absolute Gasteiger partial charge is 0.355 e. The molecule has 0 atom stereocenters. The van der Waals surface area contributed by atoms with Gasteiger partial charge in [-0.1, -0.05) is 48.5 Å². The molecule has 0 saturated heterocycles. The topological polar surface area (TPSA) is 95.2 Å². The van der Waals surface area contributed by atoms with E-state index in [1.807, 2.05) is 79.7 Å². The first kappa shape index (κ1) is 21.8. The number of nitrogens with zero attached hydrogens (tertiary/aromatic N) is 1. The van der Waals surface area contributed by atoms with Crippen LogP contribution in [0.1, 0.15) is 22.8 Å². The Hall–Kier alpha value is -4.39. The maximum atomic E-state index is 12.6. The summed E-state index contributed by atoms with van der Waals surface area (Å²) < 4.78 is 0. The van der Waals surface area contributed by atoms with Crippen molar-refractivity contribution in [2.75, 3.05) is 17.2 Å². The van der Waals surface area contributed by atoms with Gasteiger partial charge in [-0.05, 0) is 48.2 Å². The van der Waals surface area contributed by atoms with Gasteiger partial charge in [-0.15, -0.1) is 0 Å². The van der Waals surface area contributed by atoms with Crippen LogP contribution in [0.5, 0.6) is 0 Å². The third-order valence-corrected chi connectivity index (χ3v) is 5.04. The lowest BCUT2D eigenvalue weighted by Gasteiger charge is -2.12. The van der Waals surface area contributed by atoms with Gasteiger partial charge in [0, 0.05) is 41.6 Å². The predicted octanol–water partition coefficient (Wildman–Crippen LogP) is 5.05. The normalized spacial score (nSPS) is 10.5. The quantitative estimate of drug-likeness (QED) is 0.324. The number of benzene rings is 3. The summed E-state index contributed by atoms with van der Waals surface area (Å²) >= 11 is 0. The number of pyridine rings is 1. The number of nitrogens with one attached hydrogen (secondary N) is 4. The summed E-state index contributed by atoms with van der Waals surface area (Å²) in [5.74, 6) is 0.339. The molecule has 4 rings (SSSR count). The zero-order chi connectivity index (χ0) is 23.0. The fraction of sp³-hybridized carbons (Fsp3) is 0.115. The molecule has 0 radical (unpaired) electrons. The molecule has 0 fully saturated rings. The second-order valence-corrected chi connectivity index (χ2v) is 7.45. The fourth-order valence-electron chi connectivity index (χ4n) is 3.44. The zero-order valence-electron chi connectivity index (χ0n) is 18.3. The molecule has 7 nitrogen and oxygen atoms in total. The number of rotatable bonds is 7. The van der Waals surface area contributed by atoms with E-state index < -0.39 is 0 Å². The summed E-state index contributed by atoms with van der Waals surface area (Å²) in [6.45, 7) is 2.86. The van der Waals surface area contributed by atoms with Crippen LogP contribution < -0.4 is 21.3 Å². The van der Waals surface area contributed by atoms with Crippen molar-refractivity contribution in [3.63, 3.8) is 0 Å². The van der Waals surface area contributed by atoms with Gasteiger partial charge in [0.05, 0.1) is 0 Å². The molecule has 4 N–H and O–H groups in total. The van der Waals surface area contributed by atoms with Gasteiger partial charge in [-0.25, -0.2) is 9.78 Å². The summed E-state index contributed by atoms with van der Waals surface area (Å²) in [4.78, 5) is 28.7. The van der Waals surface area contributed by atoms with Gasteiger partial charge in [0.2, 0.25) is 0 Å². The zero-order valence-corrected chi connectivity index (χ0v) is 18.3. The first-order valence-electron chi connectivity index (χ1n) is 10.7. The van der Waals surface area contributed by atoms with Gasteiger partial charge in [0.25, 0.3) is 5.91 Å². The molecule has 0 saturated carbocycles. The van der Waals surface area contributed by atoms with Gasteiger partial charge in [-0.2, -0.15) is 0 Å². The lowest BCUT2D eigenvalue weighted by Crippen LogP contribution is -2.28. The van der Waals surface area contributed by atoms with Crippen molar-refractivity contribution < 1.29 is 9.59 Å². The first-order chi connectivity index (χ1) is 16.1. The number of fused-ring (bicyclic) bond motifs is 1. The van der Waals surface area contributed by atoms with Crippen LogP contribution in [-0.2, 0) is 6.54 Å². The Morgan fingerprint density at radius 2 is 1.70 bits per heavy atom. The van der Waals surface area contributed by atoms with E-state index in [0.717, 1.165) is 27.7 Å². The minimum Gasteiger partial charge on any atom is -0.355 e. The monoisotopic (exact) mass is 439 g/mol. The van der Waals surface area contributed by atoms with Crippen molar-refractivity contribution in [1.29, 1.82) is 0 Å². The Morgan fingerprint density at radius 1 is 0.879 bits per heavy atom. The van der Waals surface area contributed by atoms with Gasteiger partial charge in [-0.3, -0.25) is 10.1 Å². The lowest BCUT2D eigenvalue weighted by molar-refractivity contribution is 0.0951. The highest BCUT2D eigenvalue weighted by molar-refractivity contribution is 5.99. The van der Waals surface area contributed by atoms with Crippen molar-refractivity contribution in [2.24, 2.45) is 0 Å². The van der Waals surface area contributed by atoms with E-state index in [0.29, 0.717) is 24.5 Å². The van der Waals surface area contributed by atoms with Crippen LogP contribution in [0.15, 0.2) is 85.1 Å². The maximum absolute atomic E-state index is 12.6. The average Bonchev–Trinajstić information content (AvgIpc) is 2.83. The first-order valence-corrected chi connectivity index (χ1v) is 10.7. The molecule has 7 heteroatoms. The Bertz CT molecular complexity index is 1270. The van der Waals surface area contributed by atoms with E-state index in [1.54, 1.807) is 12.3 Å². The highest BCUT2D eigenvalue weighted by atomic mass is 16.2. The number of carbonyl (C=O) groups excluding carboxylic acids is 2. The Labute approximate surface area is 192 Å². The van der Waals surface area contributed by atoms with Crippen molar-refractivity contribution in [2.45, 2.75) is 13.5 Å². The second kappa shape index (κ2) is 10.3. The van der Waals surface area contributed by atoms with Gasteiger partial charge < -0.3 is 16.0 Å². The molecule has 1 aromatic heterocycles. The fourth-order valence-corrected chi connectivity index (χ4v) is 3.44. The molecule has 0 spiro atoms. The summed E-state index contributed by atoms with van der Waals surface area (Å²) in [5.41, 5.74) is 3.26. The van der Waals surface area contributed by atoms with Crippen molar-refractivity contribution in [3.8, 4) is 0 Å². The number of carbonyl (C=O) groups is 2. The molecule has 0 aliphatic heterocycles. The predicted molar refractivity (Wildman–Crippen MR) is 132 cm³/mol. The van der Waals surface area contributed by atoms with Crippen molar-refractivity contribution in [3.05, 3.63) is 96.2 Å². The van der Waals surface area contributed by atoms with E-state index in [-0.39, 0.29) is 11.9 Å². The van der Waals surface area contributed by atoms with Crippen molar-refractivity contribution >= 4 is 39.9 Å². The Morgan fingerprint density at radius 3 is 2.52 bits per heavy atom. The number of hydrogen-bond acceptors (Lipinski definition) is 4. The number of anilines is 3. The minimum atomic E-state index is -0.291. The van der Waals surface area contributed by atoms with Crippen LogP contribution in [0.3, 0.4) is 0 Å². The van der Waals surface area contributed by atoms with Gasteiger partial charge in [0.15, 0.2) is 0 Å². The molecule has 33 heavy (non-hydrogen) atoms. The van der Waals surface area contributed by atoms with Crippen LogP contribution in [0, 0.1) is 0 Å². The van der Waals surface area contributed by atoms with E-state index >= 15 is 0 Å². The Kier molecular flexibility index (Phi) is 6.80. The summed E-state index contributed by atoms with van der Waals surface area (Å²) in [6.07, 6.45) is 1.72. The van der Waals surface area contributed by atoms with Crippen LogP contribution >= 0.6 is 0 Å². The molecule has 0 aliphatic carbocycles. The Balaban J connectivity index is 1.48. The van der Waals surface area contributed by atoms with Crippen molar-refractivity contribution in [1.82, 2.24) is 15.6 Å². The van der Waals surface area contributed by atoms with E-state index in [2.05, 4.69) is 26.3 Å². The molecule has 0 aliphatic rings. The highest BCUT2D eigenvalue weighted by Crippen LogP contribution is 2.27. The van der Waals surface area contributed by atoms with Crippen LogP contribution in [0.4, 0.5) is 22.0 Å². The third kappa shape index (κ3) is 5.65. The van der Waals surface area contributed by atoms with E-state index in [1.165, 1.54) is 0 Å². The number of urea groups is 1. The molecule has 1 heterocycles. The average molecular weight is 440 g/mol. The van der Waals surface area contributed by atoms with Crippen LogP contribution in [0.2, 0.25) is 0 Å². The van der Waals surface area contributed by atoms with Crippen LogP contribution in [0.25, 0.3) is 10.8 Å². The van der Waals surface area contributed by atoms with Gasteiger partial charge >= 0.3 is 6.03 Å². The van der Waals surface area contributed by atoms with E-state index in [9.17, 15) is 9.59 Å². The summed E-state index contributed by atoms with van der Waals surface area (Å²) in [6, 6.07) is 24.5. The molecule has 0 unspecified atom stereocenters. The maximum Gasteiger partial charge on any atom is 0.320 e. The highest BCUT2D eigenvalue weighted by Gasteiger charge is 2.09. The molecular weight excluding hydrogens is 414 g/mol. The lowest BCUT2D eigenvalue weighted by atomic mass is 10.1. The van der Waals surface area contributed by atoms with E-state index in [4.69, 9.17) is 0 Å². The smallest absolute Gasteiger partial charge is 0.320 e. The van der Waals surface area contributed by atoms with Crippen LogP contribution in [-0.4, -0.2) is 23.5 Å². The summed E-state index contributed by atoms with van der Waals surface area (Å²) in [7, 11) is 0. The number of aromatic nitrogens is 1. The molecule has 166 valence electrons. The molecule has 3 aromatic carbocycles.